The molecule has 0 radical (unpaired) electrons. The fraction of sp³-hybridized carbons (Fsp3) is 0.474. The first-order chi connectivity index (χ1) is 11.2. The van der Waals surface area contributed by atoms with Crippen molar-refractivity contribution in [2.75, 3.05) is 19.4 Å². The van der Waals surface area contributed by atoms with E-state index >= 15 is 0 Å². The van der Waals surface area contributed by atoms with E-state index in [-0.39, 0.29) is 0 Å². The molecule has 1 aromatic rings. The second kappa shape index (κ2) is 11.6. The summed E-state index contributed by atoms with van der Waals surface area (Å²) in [6.45, 7) is 5.91. The molecular formula is C19H30N4. The van der Waals surface area contributed by atoms with Gasteiger partial charge in [0.15, 0.2) is 0 Å². The average molecular weight is 314 g/mol. The van der Waals surface area contributed by atoms with Gasteiger partial charge in [0.1, 0.15) is 0 Å². The molecule has 0 spiro atoms. The zero-order valence-corrected chi connectivity index (χ0v) is 14.7. The third kappa shape index (κ3) is 8.31. The molecule has 0 saturated heterocycles. The number of aromatic nitrogens is 2. The van der Waals surface area contributed by atoms with Gasteiger partial charge in [-0.25, -0.2) is 9.97 Å². The van der Waals surface area contributed by atoms with Crippen molar-refractivity contribution in [3.63, 3.8) is 0 Å². The molecule has 4 nitrogen and oxygen atoms in total. The Balaban J connectivity index is 0.000000816. The highest BCUT2D eigenvalue weighted by atomic mass is 15.1. The predicted octanol–water partition coefficient (Wildman–Crippen LogP) is 4.20. The van der Waals surface area contributed by atoms with E-state index < -0.39 is 0 Å². The summed E-state index contributed by atoms with van der Waals surface area (Å²) in [5.41, 5.74) is 1.96. The highest BCUT2D eigenvalue weighted by Gasteiger charge is 2.13. The van der Waals surface area contributed by atoms with Crippen LogP contribution in [0.2, 0.25) is 0 Å². The van der Waals surface area contributed by atoms with Crippen LogP contribution in [0.4, 0.5) is 5.95 Å². The second-order valence-electron chi connectivity index (χ2n) is 5.73. The summed E-state index contributed by atoms with van der Waals surface area (Å²) in [5.74, 6) is 0.737. The van der Waals surface area contributed by atoms with Crippen LogP contribution in [0.5, 0.6) is 0 Å². The van der Waals surface area contributed by atoms with Gasteiger partial charge in [-0.2, -0.15) is 0 Å². The average Bonchev–Trinajstić information content (AvgIpc) is 2.56. The summed E-state index contributed by atoms with van der Waals surface area (Å²) in [7, 11) is 3.75. The number of nitrogens with zero attached hydrogens (tertiary/aromatic N) is 2. The van der Waals surface area contributed by atoms with Crippen molar-refractivity contribution in [3.8, 4) is 0 Å². The lowest BCUT2D eigenvalue weighted by molar-refractivity contribution is 0.461. The minimum absolute atomic E-state index is 0.541. The van der Waals surface area contributed by atoms with Gasteiger partial charge < -0.3 is 10.6 Å². The van der Waals surface area contributed by atoms with Crippen LogP contribution in [0, 0.1) is 0 Å². The van der Waals surface area contributed by atoms with Gasteiger partial charge in [0.2, 0.25) is 5.95 Å². The van der Waals surface area contributed by atoms with Crippen LogP contribution in [0.1, 0.15) is 44.6 Å². The fourth-order valence-electron chi connectivity index (χ4n) is 2.40. The highest BCUT2D eigenvalue weighted by molar-refractivity contribution is 5.53. The van der Waals surface area contributed by atoms with Gasteiger partial charge in [-0.3, -0.25) is 0 Å². The van der Waals surface area contributed by atoms with Crippen LogP contribution in [-0.4, -0.2) is 30.1 Å². The third-order valence-electron chi connectivity index (χ3n) is 3.48. The molecule has 126 valence electrons. The lowest BCUT2D eigenvalue weighted by Crippen LogP contribution is -2.23. The molecule has 23 heavy (non-hydrogen) atoms. The van der Waals surface area contributed by atoms with Crippen molar-refractivity contribution >= 4 is 12.0 Å². The summed E-state index contributed by atoms with van der Waals surface area (Å²) in [6, 6.07) is 0.541. The Bertz CT molecular complexity index is 497. The summed E-state index contributed by atoms with van der Waals surface area (Å²) in [5, 5.41) is 6.17. The van der Waals surface area contributed by atoms with Crippen LogP contribution in [-0.2, 0) is 0 Å². The van der Waals surface area contributed by atoms with Gasteiger partial charge in [-0.05, 0) is 39.4 Å². The Morgan fingerprint density at radius 1 is 1.13 bits per heavy atom. The van der Waals surface area contributed by atoms with Crippen LogP contribution in [0.3, 0.4) is 0 Å². The zero-order valence-electron chi connectivity index (χ0n) is 14.7. The molecule has 0 bridgehead atoms. The standard InChI is InChI=1S/C17H23N3.C2H7N/c1-3-7-14(2)10-11-15-12-18-17(19-13-15)20-16-8-5-4-6-9-16;1-3-2/h3,7,10-13,16H,2,4-6,8-9H2,1H3,(H,18,19,20);3H,1-2H3/b7-3-,11-10+;. The second-order valence-corrected chi connectivity index (χ2v) is 5.73. The van der Waals surface area contributed by atoms with E-state index in [1.54, 1.807) is 0 Å². The minimum atomic E-state index is 0.541. The molecule has 2 N–H and O–H groups in total. The van der Waals surface area contributed by atoms with E-state index in [9.17, 15) is 0 Å². The van der Waals surface area contributed by atoms with E-state index in [0.29, 0.717) is 6.04 Å². The molecule has 0 atom stereocenters. The van der Waals surface area contributed by atoms with Crippen molar-refractivity contribution in [1.82, 2.24) is 15.3 Å². The van der Waals surface area contributed by atoms with Crippen molar-refractivity contribution in [3.05, 3.63) is 48.3 Å². The van der Waals surface area contributed by atoms with Crippen molar-refractivity contribution in [2.45, 2.75) is 45.1 Å². The molecule has 0 aliphatic heterocycles. The molecule has 1 aromatic heterocycles. The van der Waals surface area contributed by atoms with Crippen molar-refractivity contribution in [2.24, 2.45) is 0 Å². The van der Waals surface area contributed by atoms with E-state index in [4.69, 9.17) is 0 Å². The van der Waals surface area contributed by atoms with Gasteiger partial charge >= 0.3 is 0 Å². The zero-order chi connectivity index (χ0) is 16.9. The van der Waals surface area contributed by atoms with Gasteiger partial charge in [0.05, 0.1) is 0 Å². The molecule has 1 aliphatic carbocycles. The summed E-state index contributed by atoms with van der Waals surface area (Å²) in [4.78, 5) is 8.75. The largest absolute Gasteiger partial charge is 0.351 e. The molecule has 1 fully saturated rings. The van der Waals surface area contributed by atoms with Gasteiger partial charge in [0.25, 0.3) is 0 Å². The fourth-order valence-corrected chi connectivity index (χ4v) is 2.40. The molecule has 0 unspecified atom stereocenters. The maximum absolute atomic E-state index is 4.38. The molecule has 1 saturated carbocycles. The molecule has 0 aromatic carbocycles. The van der Waals surface area contributed by atoms with Crippen LogP contribution < -0.4 is 10.6 Å². The topological polar surface area (TPSA) is 49.8 Å². The Kier molecular flexibility index (Phi) is 9.64. The van der Waals surface area contributed by atoms with E-state index in [1.165, 1.54) is 32.1 Å². The molecule has 1 aliphatic rings. The van der Waals surface area contributed by atoms with E-state index in [2.05, 4.69) is 27.2 Å². The molecular weight excluding hydrogens is 284 g/mol. The number of allylic oxidation sites excluding steroid dienone is 4. The number of nitrogens with one attached hydrogen (secondary N) is 2. The Morgan fingerprint density at radius 3 is 2.30 bits per heavy atom. The number of anilines is 1. The normalized spacial score (nSPS) is 15.4. The van der Waals surface area contributed by atoms with Crippen LogP contribution in [0.25, 0.3) is 6.08 Å². The third-order valence-corrected chi connectivity index (χ3v) is 3.48. The maximum Gasteiger partial charge on any atom is 0.222 e. The Hall–Kier alpha value is -1.94. The summed E-state index contributed by atoms with van der Waals surface area (Å²) in [6.07, 6.45) is 18.0. The number of hydrogen-bond donors (Lipinski definition) is 2. The smallest absolute Gasteiger partial charge is 0.222 e. The van der Waals surface area contributed by atoms with Gasteiger partial charge in [-0.1, -0.05) is 50.1 Å². The number of rotatable bonds is 5. The number of hydrogen-bond acceptors (Lipinski definition) is 4. The lowest BCUT2D eigenvalue weighted by atomic mass is 9.96. The SMILES string of the molecule is C=C(/C=C\C)/C=C/c1cnc(NC2CCCCC2)nc1.CNC. The molecule has 2 rings (SSSR count). The first-order valence-corrected chi connectivity index (χ1v) is 8.36. The van der Waals surface area contributed by atoms with Crippen LogP contribution >= 0.6 is 0 Å². The first kappa shape index (κ1) is 19.1. The van der Waals surface area contributed by atoms with E-state index in [1.807, 2.05) is 57.7 Å². The maximum atomic E-state index is 4.38. The molecule has 1 heterocycles. The van der Waals surface area contributed by atoms with Gasteiger partial charge in [0, 0.05) is 24.0 Å². The predicted molar refractivity (Wildman–Crippen MR) is 100 cm³/mol. The summed E-state index contributed by atoms with van der Waals surface area (Å²) < 4.78 is 0. The van der Waals surface area contributed by atoms with E-state index in [0.717, 1.165) is 17.1 Å². The molecule has 0 amide bonds. The van der Waals surface area contributed by atoms with Gasteiger partial charge in [-0.15, -0.1) is 0 Å². The van der Waals surface area contributed by atoms with Crippen LogP contribution in [0.15, 0.2) is 42.8 Å². The highest BCUT2D eigenvalue weighted by Crippen LogP contribution is 2.20. The Labute approximate surface area is 140 Å². The monoisotopic (exact) mass is 314 g/mol. The summed E-state index contributed by atoms with van der Waals surface area (Å²) >= 11 is 0. The molecule has 4 heteroatoms. The lowest BCUT2D eigenvalue weighted by Gasteiger charge is -2.22. The minimum Gasteiger partial charge on any atom is -0.351 e. The quantitative estimate of drug-likeness (QED) is 0.800. The first-order valence-electron chi connectivity index (χ1n) is 8.36. The van der Waals surface area contributed by atoms with Crippen molar-refractivity contribution in [1.29, 1.82) is 0 Å². The van der Waals surface area contributed by atoms with Crippen molar-refractivity contribution < 1.29 is 0 Å². The Morgan fingerprint density at radius 2 is 1.74 bits per heavy atom.